The van der Waals surface area contributed by atoms with Crippen molar-refractivity contribution in [1.82, 2.24) is 4.31 Å². The van der Waals surface area contributed by atoms with Gasteiger partial charge in [-0.1, -0.05) is 25.5 Å². The van der Waals surface area contributed by atoms with Gasteiger partial charge in [-0.2, -0.15) is 4.31 Å². The summed E-state index contributed by atoms with van der Waals surface area (Å²) < 4.78 is 26.6. The van der Waals surface area contributed by atoms with E-state index < -0.39 is 21.4 Å². The van der Waals surface area contributed by atoms with Crippen LogP contribution in [0.4, 0.5) is 0 Å². The molecule has 5 nitrogen and oxygen atoms in total. The zero-order valence-electron chi connectivity index (χ0n) is 12.4. The molecule has 1 atom stereocenters. The number of aliphatic carboxylic acids is 1. The normalized spacial score (nSPS) is 23.3. The van der Waals surface area contributed by atoms with Crippen molar-refractivity contribution in [2.75, 3.05) is 13.1 Å². The number of nitrogens with zero attached hydrogens (tertiary/aromatic N) is 1. The van der Waals surface area contributed by atoms with Gasteiger partial charge < -0.3 is 5.11 Å². The number of hydrogen-bond donors (Lipinski definition) is 1. The van der Waals surface area contributed by atoms with Crippen LogP contribution in [0.2, 0.25) is 0 Å². The van der Waals surface area contributed by atoms with Crippen LogP contribution in [0.15, 0.2) is 29.2 Å². The molecule has 116 valence electrons. The van der Waals surface area contributed by atoms with Crippen LogP contribution in [-0.2, 0) is 14.8 Å². The Labute approximate surface area is 125 Å². The van der Waals surface area contributed by atoms with Gasteiger partial charge in [0.1, 0.15) is 0 Å². The highest BCUT2D eigenvalue weighted by molar-refractivity contribution is 7.89. The lowest BCUT2D eigenvalue weighted by Gasteiger charge is -2.24. The van der Waals surface area contributed by atoms with Crippen LogP contribution >= 0.6 is 0 Å². The van der Waals surface area contributed by atoms with Crippen LogP contribution in [0.3, 0.4) is 0 Å². The van der Waals surface area contributed by atoms with Gasteiger partial charge in [0.25, 0.3) is 0 Å². The second kappa shape index (κ2) is 5.77. The van der Waals surface area contributed by atoms with E-state index in [2.05, 4.69) is 0 Å². The minimum absolute atomic E-state index is 0.0620. The van der Waals surface area contributed by atoms with Gasteiger partial charge in [0.05, 0.1) is 10.3 Å². The number of carboxylic acid groups (broad SMARTS) is 1. The molecular weight excluding hydrogens is 290 g/mol. The molecule has 0 radical (unpaired) electrons. The maximum absolute atomic E-state index is 12.6. The summed E-state index contributed by atoms with van der Waals surface area (Å²) in [6.45, 7) is 4.08. The van der Waals surface area contributed by atoms with Gasteiger partial charge in [-0.25, -0.2) is 8.42 Å². The molecule has 0 bridgehead atoms. The topological polar surface area (TPSA) is 74.7 Å². The molecule has 1 fully saturated rings. The maximum Gasteiger partial charge on any atom is 0.311 e. The van der Waals surface area contributed by atoms with Gasteiger partial charge in [-0.15, -0.1) is 0 Å². The van der Waals surface area contributed by atoms with E-state index in [9.17, 15) is 18.3 Å². The fourth-order valence-corrected chi connectivity index (χ4v) is 4.56. The quantitative estimate of drug-likeness (QED) is 0.905. The largest absolute Gasteiger partial charge is 0.481 e. The van der Waals surface area contributed by atoms with Gasteiger partial charge in [-0.05, 0) is 37.5 Å². The third-order valence-corrected chi connectivity index (χ3v) is 5.97. The molecule has 6 heteroatoms. The van der Waals surface area contributed by atoms with Crippen LogP contribution in [-0.4, -0.2) is 36.9 Å². The number of sulfonamides is 1. The summed E-state index contributed by atoms with van der Waals surface area (Å²) in [6, 6.07) is 6.72. The lowest BCUT2D eigenvalue weighted by atomic mass is 9.83. The number of carboxylic acids is 1. The fraction of sp³-hybridized carbons (Fsp3) is 0.533. The average molecular weight is 311 g/mol. The molecule has 1 aliphatic rings. The highest BCUT2D eigenvalue weighted by Gasteiger charge is 2.47. The van der Waals surface area contributed by atoms with Gasteiger partial charge in [0.2, 0.25) is 10.0 Å². The Kier molecular flexibility index (Phi) is 4.39. The van der Waals surface area contributed by atoms with Crippen LogP contribution in [0.25, 0.3) is 0 Å². The Bertz CT molecular complexity index is 641. The van der Waals surface area contributed by atoms with Crippen LogP contribution in [0, 0.1) is 12.3 Å². The molecule has 1 N–H and O–H groups in total. The molecule has 0 aromatic heterocycles. The summed E-state index contributed by atoms with van der Waals surface area (Å²) >= 11 is 0. The van der Waals surface area contributed by atoms with E-state index >= 15 is 0 Å². The van der Waals surface area contributed by atoms with Crippen molar-refractivity contribution in [2.24, 2.45) is 5.41 Å². The van der Waals surface area contributed by atoms with Crippen LogP contribution < -0.4 is 0 Å². The molecule has 0 spiro atoms. The molecule has 1 saturated heterocycles. The van der Waals surface area contributed by atoms with Crippen molar-refractivity contribution in [1.29, 1.82) is 0 Å². The first-order chi connectivity index (χ1) is 9.82. The zero-order chi connectivity index (χ0) is 15.7. The van der Waals surface area contributed by atoms with E-state index in [0.29, 0.717) is 12.8 Å². The molecule has 1 aliphatic heterocycles. The lowest BCUT2D eigenvalue weighted by molar-refractivity contribution is -0.148. The number of aryl methyl sites for hydroxylation is 1. The van der Waals surface area contributed by atoms with Crippen molar-refractivity contribution in [2.45, 2.75) is 38.0 Å². The maximum atomic E-state index is 12.6. The average Bonchev–Trinajstić information content (AvgIpc) is 2.85. The van der Waals surface area contributed by atoms with E-state index in [1.807, 2.05) is 19.9 Å². The number of rotatable bonds is 5. The molecular formula is C15H21NO4S. The second-order valence-corrected chi connectivity index (χ2v) is 7.68. The molecule has 1 aromatic carbocycles. The molecule has 0 aliphatic carbocycles. The minimum atomic E-state index is -3.61. The first-order valence-electron chi connectivity index (χ1n) is 7.12. The summed E-state index contributed by atoms with van der Waals surface area (Å²) in [5.74, 6) is -0.897. The predicted molar refractivity (Wildman–Crippen MR) is 79.5 cm³/mol. The SMILES string of the molecule is CCCC1(C(=O)O)CCN(S(=O)(=O)c2cccc(C)c2)C1. The molecule has 1 heterocycles. The van der Waals surface area contributed by atoms with Crippen molar-refractivity contribution < 1.29 is 18.3 Å². The Hall–Kier alpha value is -1.40. The Morgan fingerprint density at radius 3 is 2.71 bits per heavy atom. The summed E-state index contributed by atoms with van der Waals surface area (Å²) in [4.78, 5) is 11.8. The highest BCUT2D eigenvalue weighted by atomic mass is 32.2. The third kappa shape index (κ3) is 2.96. The van der Waals surface area contributed by atoms with Gasteiger partial charge in [0.15, 0.2) is 0 Å². The first kappa shape index (κ1) is 16.0. The molecule has 0 saturated carbocycles. The second-order valence-electron chi connectivity index (χ2n) is 5.74. The third-order valence-electron chi connectivity index (χ3n) is 4.13. The van der Waals surface area contributed by atoms with Crippen molar-refractivity contribution >= 4 is 16.0 Å². The van der Waals surface area contributed by atoms with E-state index in [4.69, 9.17) is 0 Å². The van der Waals surface area contributed by atoms with E-state index in [1.54, 1.807) is 18.2 Å². The van der Waals surface area contributed by atoms with E-state index in [1.165, 1.54) is 4.31 Å². The monoisotopic (exact) mass is 311 g/mol. The molecule has 0 amide bonds. The summed E-state index contributed by atoms with van der Waals surface area (Å²) in [6.07, 6.45) is 1.61. The first-order valence-corrected chi connectivity index (χ1v) is 8.56. The number of hydrogen-bond acceptors (Lipinski definition) is 3. The van der Waals surface area contributed by atoms with Gasteiger partial charge in [0, 0.05) is 13.1 Å². The van der Waals surface area contributed by atoms with Gasteiger partial charge >= 0.3 is 5.97 Å². The van der Waals surface area contributed by atoms with Crippen molar-refractivity contribution in [3.05, 3.63) is 29.8 Å². The summed E-state index contributed by atoms with van der Waals surface area (Å²) in [5, 5.41) is 9.47. The summed E-state index contributed by atoms with van der Waals surface area (Å²) in [7, 11) is -3.61. The van der Waals surface area contributed by atoms with E-state index in [0.717, 1.165) is 12.0 Å². The van der Waals surface area contributed by atoms with E-state index in [-0.39, 0.29) is 18.0 Å². The number of benzene rings is 1. The fourth-order valence-electron chi connectivity index (χ4n) is 2.93. The van der Waals surface area contributed by atoms with Crippen LogP contribution in [0.5, 0.6) is 0 Å². The Balaban J connectivity index is 2.30. The molecule has 21 heavy (non-hydrogen) atoms. The molecule has 2 rings (SSSR count). The Morgan fingerprint density at radius 2 is 2.14 bits per heavy atom. The predicted octanol–water partition coefficient (Wildman–Crippen LogP) is 2.26. The zero-order valence-corrected chi connectivity index (χ0v) is 13.2. The standard InChI is InChI=1S/C15H21NO4S/c1-3-7-15(14(17)18)8-9-16(11-15)21(19,20)13-6-4-5-12(2)10-13/h4-6,10H,3,7-9,11H2,1-2H3,(H,17,18). The van der Waals surface area contributed by atoms with Crippen molar-refractivity contribution in [3.63, 3.8) is 0 Å². The van der Waals surface area contributed by atoms with Gasteiger partial charge in [-0.3, -0.25) is 4.79 Å². The number of carbonyl (C=O) groups is 1. The van der Waals surface area contributed by atoms with Crippen LogP contribution in [0.1, 0.15) is 31.7 Å². The smallest absolute Gasteiger partial charge is 0.311 e. The molecule has 1 unspecified atom stereocenters. The lowest BCUT2D eigenvalue weighted by Crippen LogP contribution is -2.36. The minimum Gasteiger partial charge on any atom is -0.481 e. The Morgan fingerprint density at radius 1 is 1.43 bits per heavy atom. The highest BCUT2D eigenvalue weighted by Crippen LogP contribution is 2.38. The molecule has 1 aromatic rings. The van der Waals surface area contributed by atoms with Crippen molar-refractivity contribution in [3.8, 4) is 0 Å². The summed E-state index contributed by atoms with van der Waals surface area (Å²) in [5.41, 5.74) is -0.0700.